The Morgan fingerprint density at radius 3 is 2.29 bits per heavy atom. The van der Waals surface area contributed by atoms with Crippen LogP contribution in [0.4, 0.5) is 0 Å². The van der Waals surface area contributed by atoms with E-state index in [1.807, 2.05) is 11.8 Å². The molecule has 1 aliphatic rings. The Balaban J connectivity index is 2.54. The maximum Gasteiger partial charge on any atom is 0.0155 e. The highest BCUT2D eigenvalue weighted by atomic mass is 32.2. The van der Waals surface area contributed by atoms with E-state index in [0.29, 0.717) is 11.5 Å². The van der Waals surface area contributed by atoms with Crippen LogP contribution in [0.3, 0.4) is 0 Å². The first-order chi connectivity index (χ1) is 8.13. The number of hydrogen-bond donors (Lipinski definition) is 1. The molecule has 1 unspecified atom stereocenters. The van der Waals surface area contributed by atoms with E-state index in [4.69, 9.17) is 5.73 Å². The lowest BCUT2D eigenvalue weighted by atomic mass is 9.80. The fourth-order valence-electron chi connectivity index (χ4n) is 2.96. The maximum atomic E-state index is 6.10. The third kappa shape index (κ3) is 4.80. The quantitative estimate of drug-likeness (QED) is 0.743. The van der Waals surface area contributed by atoms with Gasteiger partial charge in [-0.3, -0.25) is 0 Å². The predicted octanol–water partition coefficient (Wildman–Crippen LogP) is 2.97. The fourth-order valence-corrected chi connectivity index (χ4v) is 3.70. The van der Waals surface area contributed by atoms with E-state index in [1.54, 1.807) is 0 Å². The molecule has 1 saturated carbocycles. The average Bonchev–Trinajstić information content (AvgIpc) is 2.55. The highest BCUT2D eigenvalue weighted by Gasteiger charge is 2.31. The summed E-state index contributed by atoms with van der Waals surface area (Å²) < 4.78 is 0. The van der Waals surface area contributed by atoms with Crippen molar-refractivity contribution in [2.24, 2.45) is 11.1 Å². The summed E-state index contributed by atoms with van der Waals surface area (Å²) in [6, 6.07) is 0.664. The summed E-state index contributed by atoms with van der Waals surface area (Å²) in [5, 5.41) is 0. The van der Waals surface area contributed by atoms with Crippen LogP contribution in [0.5, 0.6) is 0 Å². The number of thioether (sulfide) groups is 1. The van der Waals surface area contributed by atoms with Crippen LogP contribution in [0.1, 0.15) is 45.4 Å². The third-order valence-corrected chi connectivity index (χ3v) is 5.16. The molecule has 0 spiro atoms. The molecule has 17 heavy (non-hydrogen) atoms. The molecule has 0 aromatic heterocycles. The molecule has 2 N–H and O–H groups in total. The lowest BCUT2D eigenvalue weighted by Gasteiger charge is -2.38. The lowest BCUT2D eigenvalue weighted by molar-refractivity contribution is 0.136. The topological polar surface area (TPSA) is 29.3 Å². The van der Waals surface area contributed by atoms with Crippen LogP contribution in [0.25, 0.3) is 0 Å². The van der Waals surface area contributed by atoms with Crippen LogP contribution < -0.4 is 5.73 Å². The normalized spacial score (nSPS) is 22.4. The van der Waals surface area contributed by atoms with Crippen molar-refractivity contribution >= 4 is 11.8 Å². The zero-order chi connectivity index (χ0) is 12.7. The van der Waals surface area contributed by atoms with Crippen LogP contribution in [0, 0.1) is 5.41 Å². The van der Waals surface area contributed by atoms with Gasteiger partial charge in [0, 0.05) is 18.3 Å². The van der Waals surface area contributed by atoms with E-state index in [1.165, 1.54) is 50.8 Å². The molecule has 0 bridgehead atoms. The Bertz CT molecular complexity index is 200. The van der Waals surface area contributed by atoms with E-state index in [-0.39, 0.29) is 0 Å². The van der Waals surface area contributed by atoms with Crippen molar-refractivity contribution in [2.45, 2.75) is 51.5 Å². The summed E-state index contributed by atoms with van der Waals surface area (Å²) >= 11 is 1.94. The first kappa shape index (κ1) is 15.3. The molecule has 0 aromatic rings. The van der Waals surface area contributed by atoms with Crippen LogP contribution in [-0.2, 0) is 0 Å². The van der Waals surface area contributed by atoms with Gasteiger partial charge in [-0.15, -0.1) is 0 Å². The molecule has 0 heterocycles. The van der Waals surface area contributed by atoms with Gasteiger partial charge in [-0.05, 0) is 45.0 Å². The zero-order valence-corrected chi connectivity index (χ0v) is 12.7. The van der Waals surface area contributed by atoms with Gasteiger partial charge in [-0.1, -0.05) is 25.7 Å². The summed E-state index contributed by atoms with van der Waals surface area (Å²) in [5.74, 6) is 1.22. The molecule has 0 radical (unpaired) electrons. The van der Waals surface area contributed by atoms with Crippen molar-refractivity contribution in [2.75, 3.05) is 32.1 Å². The third-order valence-electron chi connectivity index (χ3n) is 4.34. The summed E-state index contributed by atoms with van der Waals surface area (Å²) in [6.45, 7) is 4.38. The largest absolute Gasteiger partial charge is 0.330 e. The van der Waals surface area contributed by atoms with Crippen molar-refractivity contribution in [3.05, 3.63) is 0 Å². The smallest absolute Gasteiger partial charge is 0.0155 e. The second kappa shape index (κ2) is 7.65. The molecule has 0 amide bonds. The van der Waals surface area contributed by atoms with E-state index < -0.39 is 0 Å². The van der Waals surface area contributed by atoms with Gasteiger partial charge >= 0.3 is 0 Å². The average molecular weight is 258 g/mol. The summed E-state index contributed by atoms with van der Waals surface area (Å²) in [4.78, 5) is 2.52. The van der Waals surface area contributed by atoms with Crippen molar-refractivity contribution in [1.82, 2.24) is 4.90 Å². The van der Waals surface area contributed by atoms with Gasteiger partial charge < -0.3 is 10.6 Å². The Morgan fingerprint density at radius 2 is 1.82 bits per heavy atom. The highest BCUT2D eigenvalue weighted by Crippen LogP contribution is 2.35. The number of hydrogen-bond acceptors (Lipinski definition) is 3. The molecule has 0 saturated heterocycles. The molecular weight excluding hydrogens is 228 g/mol. The van der Waals surface area contributed by atoms with Gasteiger partial charge in [-0.25, -0.2) is 0 Å². The first-order valence-electron chi connectivity index (χ1n) is 7.03. The molecular formula is C14H30N2S. The monoisotopic (exact) mass is 258 g/mol. The number of nitrogens with two attached hydrogens (primary N) is 1. The van der Waals surface area contributed by atoms with Crippen molar-refractivity contribution in [3.63, 3.8) is 0 Å². The minimum atomic E-state index is 0.401. The van der Waals surface area contributed by atoms with Crippen molar-refractivity contribution < 1.29 is 0 Å². The van der Waals surface area contributed by atoms with Crippen LogP contribution in [0.15, 0.2) is 0 Å². The Kier molecular flexibility index (Phi) is 6.90. The van der Waals surface area contributed by atoms with E-state index in [0.717, 1.165) is 6.54 Å². The van der Waals surface area contributed by atoms with Gasteiger partial charge in [0.25, 0.3) is 0 Å². The molecule has 1 aliphatic carbocycles. The van der Waals surface area contributed by atoms with Crippen molar-refractivity contribution in [3.8, 4) is 0 Å². The fraction of sp³-hybridized carbons (Fsp3) is 1.00. The zero-order valence-electron chi connectivity index (χ0n) is 11.9. The molecule has 1 rings (SSSR count). The Hall–Kier alpha value is 0.270. The standard InChI is InChI=1S/C14H30N2S/c1-13(10-17-3)16(2)12-14(11-15)8-6-4-5-7-9-14/h13H,4-12,15H2,1-3H3. The van der Waals surface area contributed by atoms with Gasteiger partial charge in [0.15, 0.2) is 0 Å². The molecule has 3 heteroatoms. The molecule has 1 fully saturated rings. The Labute approximate surface area is 112 Å². The van der Waals surface area contributed by atoms with Gasteiger partial charge in [-0.2, -0.15) is 11.8 Å². The molecule has 0 aromatic carbocycles. The summed E-state index contributed by atoms with van der Waals surface area (Å²) in [7, 11) is 2.27. The lowest BCUT2D eigenvalue weighted by Crippen LogP contribution is -2.44. The predicted molar refractivity (Wildman–Crippen MR) is 79.7 cm³/mol. The molecule has 1 atom stereocenters. The second-order valence-electron chi connectivity index (χ2n) is 5.84. The molecule has 0 aliphatic heterocycles. The first-order valence-corrected chi connectivity index (χ1v) is 8.42. The number of nitrogens with zero attached hydrogens (tertiary/aromatic N) is 1. The van der Waals surface area contributed by atoms with Crippen LogP contribution in [0.2, 0.25) is 0 Å². The van der Waals surface area contributed by atoms with Gasteiger partial charge in [0.2, 0.25) is 0 Å². The highest BCUT2D eigenvalue weighted by molar-refractivity contribution is 7.98. The minimum Gasteiger partial charge on any atom is -0.330 e. The van der Waals surface area contributed by atoms with Crippen LogP contribution >= 0.6 is 11.8 Å². The van der Waals surface area contributed by atoms with Gasteiger partial charge in [0.1, 0.15) is 0 Å². The maximum absolute atomic E-state index is 6.10. The van der Waals surface area contributed by atoms with Crippen molar-refractivity contribution in [1.29, 1.82) is 0 Å². The minimum absolute atomic E-state index is 0.401. The summed E-state index contributed by atoms with van der Waals surface area (Å²) in [5.41, 5.74) is 6.50. The van der Waals surface area contributed by atoms with Gasteiger partial charge in [0.05, 0.1) is 0 Å². The second-order valence-corrected chi connectivity index (χ2v) is 6.75. The van der Waals surface area contributed by atoms with Crippen LogP contribution in [-0.4, -0.2) is 43.1 Å². The molecule has 102 valence electrons. The number of rotatable bonds is 6. The SMILES string of the molecule is CSCC(C)N(C)CC1(CN)CCCCCC1. The van der Waals surface area contributed by atoms with E-state index in [2.05, 4.69) is 25.1 Å². The molecule has 2 nitrogen and oxygen atoms in total. The van der Waals surface area contributed by atoms with E-state index >= 15 is 0 Å². The van der Waals surface area contributed by atoms with E-state index in [9.17, 15) is 0 Å². The Morgan fingerprint density at radius 1 is 1.24 bits per heavy atom. The summed E-state index contributed by atoms with van der Waals surface area (Å²) in [6.07, 6.45) is 10.4.